The molecule has 0 atom stereocenters. The van der Waals surface area contributed by atoms with Gasteiger partial charge in [-0.05, 0) is 44.0 Å². The first-order valence-electron chi connectivity index (χ1n) is 5.39. The standard InChI is InChI=1S/C13H14FNO2/c1-13(2,12(16)17)7-9-6-11-8(3-4-15-11)5-10(9)14/h3-6,15H,7H2,1-2H3,(H,16,17). The van der Waals surface area contributed by atoms with Crippen molar-refractivity contribution in [3.8, 4) is 0 Å². The molecule has 0 amide bonds. The molecular formula is C13H14FNO2. The summed E-state index contributed by atoms with van der Waals surface area (Å²) in [6.45, 7) is 3.18. The quantitative estimate of drug-likeness (QED) is 0.859. The lowest BCUT2D eigenvalue weighted by Crippen LogP contribution is -2.26. The van der Waals surface area contributed by atoms with Gasteiger partial charge in [0.05, 0.1) is 5.41 Å². The van der Waals surface area contributed by atoms with Gasteiger partial charge in [-0.25, -0.2) is 4.39 Å². The third-order valence-corrected chi connectivity index (χ3v) is 2.93. The van der Waals surface area contributed by atoms with Crippen LogP contribution in [-0.4, -0.2) is 16.1 Å². The van der Waals surface area contributed by atoms with E-state index in [4.69, 9.17) is 5.11 Å². The third kappa shape index (κ3) is 2.16. The van der Waals surface area contributed by atoms with Crippen molar-refractivity contribution in [3.63, 3.8) is 0 Å². The SMILES string of the molecule is CC(C)(Cc1cc2[nH]ccc2cc1F)C(=O)O. The average molecular weight is 235 g/mol. The van der Waals surface area contributed by atoms with Crippen LogP contribution in [0.15, 0.2) is 24.4 Å². The van der Waals surface area contributed by atoms with Crippen molar-refractivity contribution < 1.29 is 14.3 Å². The molecular weight excluding hydrogens is 221 g/mol. The summed E-state index contributed by atoms with van der Waals surface area (Å²) in [5.41, 5.74) is 0.274. The molecule has 3 nitrogen and oxygen atoms in total. The minimum Gasteiger partial charge on any atom is -0.481 e. The van der Waals surface area contributed by atoms with Crippen LogP contribution < -0.4 is 0 Å². The zero-order valence-corrected chi connectivity index (χ0v) is 9.75. The highest BCUT2D eigenvalue weighted by Crippen LogP contribution is 2.26. The lowest BCUT2D eigenvalue weighted by molar-refractivity contribution is -0.146. The lowest BCUT2D eigenvalue weighted by atomic mass is 9.85. The minimum atomic E-state index is -0.971. The molecule has 1 aromatic heterocycles. The van der Waals surface area contributed by atoms with Gasteiger partial charge in [-0.15, -0.1) is 0 Å². The van der Waals surface area contributed by atoms with E-state index in [1.54, 1.807) is 32.2 Å². The van der Waals surface area contributed by atoms with Gasteiger partial charge in [-0.1, -0.05) is 0 Å². The molecule has 0 saturated carbocycles. The lowest BCUT2D eigenvalue weighted by Gasteiger charge is -2.19. The second-order valence-electron chi connectivity index (χ2n) is 4.87. The second kappa shape index (κ2) is 3.87. The van der Waals surface area contributed by atoms with Crippen LogP contribution in [-0.2, 0) is 11.2 Å². The molecule has 4 heteroatoms. The molecule has 0 spiro atoms. The van der Waals surface area contributed by atoms with E-state index in [1.807, 2.05) is 0 Å². The summed E-state index contributed by atoms with van der Waals surface area (Å²) in [6.07, 6.45) is 1.90. The van der Waals surface area contributed by atoms with Gasteiger partial charge in [0.2, 0.25) is 0 Å². The Labute approximate surface area is 98.3 Å². The molecule has 2 rings (SSSR count). The van der Waals surface area contributed by atoms with Gasteiger partial charge < -0.3 is 10.1 Å². The van der Waals surface area contributed by atoms with E-state index in [2.05, 4.69) is 4.98 Å². The third-order valence-electron chi connectivity index (χ3n) is 2.93. The first kappa shape index (κ1) is 11.6. The number of H-pyrrole nitrogens is 1. The van der Waals surface area contributed by atoms with Crippen LogP contribution in [0, 0.1) is 11.2 Å². The molecule has 0 fully saturated rings. The van der Waals surface area contributed by atoms with Gasteiger partial charge in [-0.2, -0.15) is 0 Å². The monoisotopic (exact) mass is 235 g/mol. The Morgan fingerprint density at radius 1 is 1.47 bits per heavy atom. The largest absolute Gasteiger partial charge is 0.481 e. The van der Waals surface area contributed by atoms with E-state index in [1.165, 1.54) is 6.07 Å². The van der Waals surface area contributed by atoms with E-state index < -0.39 is 11.4 Å². The zero-order valence-electron chi connectivity index (χ0n) is 9.75. The van der Waals surface area contributed by atoms with Crippen molar-refractivity contribution in [2.24, 2.45) is 5.41 Å². The molecule has 0 aliphatic rings. The summed E-state index contributed by atoms with van der Waals surface area (Å²) in [5, 5.41) is 9.83. The van der Waals surface area contributed by atoms with E-state index in [0.717, 1.165) is 10.9 Å². The highest BCUT2D eigenvalue weighted by molar-refractivity contribution is 5.80. The van der Waals surface area contributed by atoms with Crippen LogP contribution in [0.25, 0.3) is 10.9 Å². The highest BCUT2D eigenvalue weighted by atomic mass is 19.1. The fourth-order valence-electron chi connectivity index (χ4n) is 1.80. The predicted octanol–water partition coefficient (Wildman–Crippen LogP) is 2.96. The smallest absolute Gasteiger partial charge is 0.309 e. The van der Waals surface area contributed by atoms with Gasteiger partial charge in [0.15, 0.2) is 0 Å². The molecule has 0 saturated heterocycles. The van der Waals surface area contributed by atoms with Gasteiger partial charge in [0.25, 0.3) is 0 Å². The van der Waals surface area contributed by atoms with Crippen molar-refractivity contribution in [1.29, 1.82) is 0 Å². The molecule has 2 N–H and O–H groups in total. The summed E-state index contributed by atoms with van der Waals surface area (Å²) >= 11 is 0. The fraction of sp³-hybridized carbons (Fsp3) is 0.308. The zero-order chi connectivity index (χ0) is 12.6. The summed E-state index contributed by atoms with van der Waals surface area (Å²) in [5.74, 6) is -1.28. The first-order chi connectivity index (χ1) is 7.90. The number of fused-ring (bicyclic) bond motifs is 1. The number of carboxylic acids is 1. The molecule has 1 aromatic carbocycles. The summed E-state index contributed by atoms with van der Waals surface area (Å²) in [7, 11) is 0. The number of rotatable bonds is 3. The van der Waals surface area contributed by atoms with Crippen molar-refractivity contribution in [3.05, 3.63) is 35.8 Å². The average Bonchev–Trinajstić information content (AvgIpc) is 2.64. The molecule has 17 heavy (non-hydrogen) atoms. The molecule has 0 aliphatic carbocycles. The minimum absolute atomic E-state index is 0.170. The van der Waals surface area contributed by atoms with Gasteiger partial charge >= 0.3 is 5.97 Å². The number of aliphatic carboxylic acids is 1. The van der Waals surface area contributed by atoms with Gasteiger partial charge in [-0.3, -0.25) is 4.79 Å². The summed E-state index contributed by atoms with van der Waals surface area (Å²) < 4.78 is 13.8. The van der Waals surface area contributed by atoms with Crippen molar-refractivity contribution in [2.75, 3.05) is 0 Å². The topological polar surface area (TPSA) is 53.1 Å². The van der Waals surface area contributed by atoms with Crippen molar-refractivity contribution in [1.82, 2.24) is 4.98 Å². The number of carbonyl (C=O) groups is 1. The van der Waals surface area contributed by atoms with Gasteiger partial charge in [0, 0.05) is 17.1 Å². The maximum atomic E-state index is 13.8. The number of hydrogen-bond donors (Lipinski definition) is 2. The van der Waals surface area contributed by atoms with Gasteiger partial charge in [0.1, 0.15) is 5.82 Å². The summed E-state index contributed by atoms with van der Waals surface area (Å²) in [6, 6.07) is 4.89. The van der Waals surface area contributed by atoms with Crippen LogP contribution in [0.4, 0.5) is 4.39 Å². The number of benzene rings is 1. The number of carboxylic acid groups (broad SMARTS) is 1. The first-order valence-corrected chi connectivity index (χ1v) is 5.39. The van der Waals surface area contributed by atoms with Crippen molar-refractivity contribution in [2.45, 2.75) is 20.3 Å². The number of halogens is 1. The number of aromatic nitrogens is 1. The Balaban J connectivity index is 2.41. The molecule has 0 radical (unpaired) electrons. The van der Waals surface area contributed by atoms with Crippen molar-refractivity contribution >= 4 is 16.9 Å². The number of aromatic amines is 1. The fourth-order valence-corrected chi connectivity index (χ4v) is 1.80. The van der Waals surface area contributed by atoms with E-state index in [-0.39, 0.29) is 12.2 Å². The molecule has 1 heterocycles. The Morgan fingerprint density at radius 2 is 2.18 bits per heavy atom. The van der Waals surface area contributed by atoms with Crippen LogP contribution in [0.2, 0.25) is 0 Å². The molecule has 0 bridgehead atoms. The Bertz CT molecular complexity index is 572. The maximum Gasteiger partial charge on any atom is 0.309 e. The molecule has 0 aliphatic heterocycles. The molecule has 0 unspecified atom stereocenters. The van der Waals surface area contributed by atoms with Crippen LogP contribution >= 0.6 is 0 Å². The Hall–Kier alpha value is -1.84. The summed E-state index contributed by atoms with van der Waals surface area (Å²) in [4.78, 5) is 14.0. The van der Waals surface area contributed by atoms with Crippen LogP contribution in [0.1, 0.15) is 19.4 Å². The molecule has 90 valence electrons. The predicted molar refractivity (Wildman–Crippen MR) is 63.4 cm³/mol. The van der Waals surface area contributed by atoms with E-state index in [0.29, 0.717) is 5.56 Å². The van der Waals surface area contributed by atoms with E-state index in [9.17, 15) is 9.18 Å². The Kier molecular flexibility index (Phi) is 2.65. The second-order valence-corrected chi connectivity index (χ2v) is 4.87. The normalized spacial score (nSPS) is 11.9. The molecule has 2 aromatic rings. The number of nitrogens with one attached hydrogen (secondary N) is 1. The van der Waals surface area contributed by atoms with Crippen LogP contribution in [0.5, 0.6) is 0 Å². The highest BCUT2D eigenvalue weighted by Gasteiger charge is 2.28. The maximum absolute atomic E-state index is 13.8. The Morgan fingerprint density at radius 3 is 2.82 bits per heavy atom. The number of hydrogen-bond acceptors (Lipinski definition) is 1. The van der Waals surface area contributed by atoms with Crippen LogP contribution in [0.3, 0.4) is 0 Å². The van der Waals surface area contributed by atoms with E-state index >= 15 is 0 Å².